The van der Waals surface area contributed by atoms with Crippen LogP contribution in [0.2, 0.25) is 0 Å². The van der Waals surface area contributed by atoms with Gasteiger partial charge in [-0.2, -0.15) is 0 Å². The Hall–Kier alpha value is -1.73. The minimum Gasteiger partial charge on any atom is -0.465 e. The van der Waals surface area contributed by atoms with Gasteiger partial charge in [0, 0.05) is 10.7 Å². The second kappa shape index (κ2) is 6.36. The van der Waals surface area contributed by atoms with E-state index in [-0.39, 0.29) is 16.2 Å². The van der Waals surface area contributed by atoms with E-state index in [9.17, 15) is 13.2 Å². The summed E-state index contributed by atoms with van der Waals surface area (Å²) in [5, 5.41) is 0. The van der Waals surface area contributed by atoms with Gasteiger partial charge in [0.1, 0.15) is 0 Å². The van der Waals surface area contributed by atoms with Crippen molar-refractivity contribution >= 4 is 31.7 Å². The molecule has 0 aliphatic carbocycles. The van der Waals surface area contributed by atoms with E-state index in [1.807, 2.05) is 0 Å². The first kappa shape index (κ1) is 15.7. The quantitative estimate of drug-likeness (QED) is 0.774. The third-order valence-electron chi connectivity index (χ3n) is 2.76. The van der Waals surface area contributed by atoms with Gasteiger partial charge in [0.15, 0.2) is 9.84 Å². The summed E-state index contributed by atoms with van der Waals surface area (Å²) in [5.41, 5.74) is 0.637. The fourth-order valence-corrected chi connectivity index (χ4v) is 4.11. The summed E-state index contributed by atoms with van der Waals surface area (Å²) >= 11 is 3.22. The zero-order valence-electron chi connectivity index (χ0n) is 11.1. The number of ether oxygens (including phenoxy) is 1. The summed E-state index contributed by atoms with van der Waals surface area (Å²) in [5.74, 6) is -0.750. The topological polar surface area (TPSA) is 73.3 Å². The Morgan fingerprint density at radius 2 is 1.95 bits per heavy atom. The standard InChI is InChI=1S/C14H12BrNO4S/c1-20-14(17)10-6-7-11(16-8-10)9-21(18,19)13-5-3-2-4-12(13)15/h2-8H,9H2,1H3. The number of aromatic nitrogens is 1. The first-order valence-electron chi connectivity index (χ1n) is 5.94. The van der Waals surface area contributed by atoms with E-state index in [1.54, 1.807) is 18.2 Å². The summed E-state index contributed by atoms with van der Waals surface area (Å²) in [4.78, 5) is 15.5. The first-order valence-corrected chi connectivity index (χ1v) is 8.39. The number of methoxy groups -OCH3 is 1. The van der Waals surface area contributed by atoms with Crippen LogP contribution in [-0.4, -0.2) is 26.5 Å². The molecule has 1 aromatic heterocycles. The van der Waals surface area contributed by atoms with Crippen molar-refractivity contribution in [3.8, 4) is 0 Å². The summed E-state index contributed by atoms with van der Waals surface area (Å²) < 4.78 is 29.7. The molecule has 0 radical (unpaired) electrons. The van der Waals surface area contributed by atoms with Gasteiger partial charge in [0.2, 0.25) is 0 Å². The molecule has 110 valence electrons. The molecule has 2 aromatic rings. The predicted octanol–water partition coefficient (Wildman–Crippen LogP) is 2.60. The van der Waals surface area contributed by atoms with Crippen molar-refractivity contribution in [3.63, 3.8) is 0 Å². The van der Waals surface area contributed by atoms with Crippen LogP contribution >= 0.6 is 15.9 Å². The van der Waals surface area contributed by atoms with Crippen molar-refractivity contribution in [3.05, 3.63) is 58.3 Å². The van der Waals surface area contributed by atoms with Gasteiger partial charge in [-0.05, 0) is 40.2 Å². The molecule has 0 aliphatic heterocycles. The fraction of sp³-hybridized carbons (Fsp3) is 0.143. The average Bonchev–Trinajstić information content (AvgIpc) is 2.47. The highest BCUT2D eigenvalue weighted by atomic mass is 79.9. The van der Waals surface area contributed by atoms with Crippen LogP contribution in [0.1, 0.15) is 16.1 Å². The van der Waals surface area contributed by atoms with Gasteiger partial charge in [-0.1, -0.05) is 12.1 Å². The van der Waals surface area contributed by atoms with Crippen molar-refractivity contribution in [2.24, 2.45) is 0 Å². The minimum atomic E-state index is -3.51. The molecule has 0 aliphatic rings. The zero-order chi connectivity index (χ0) is 15.5. The molecule has 0 amide bonds. The third-order valence-corrected chi connectivity index (χ3v) is 5.41. The predicted molar refractivity (Wildman–Crippen MR) is 80.6 cm³/mol. The highest BCUT2D eigenvalue weighted by Gasteiger charge is 2.19. The highest BCUT2D eigenvalue weighted by Crippen LogP contribution is 2.24. The van der Waals surface area contributed by atoms with E-state index >= 15 is 0 Å². The fourth-order valence-electron chi connectivity index (χ4n) is 1.72. The monoisotopic (exact) mass is 369 g/mol. The van der Waals surface area contributed by atoms with Crippen LogP contribution in [0.3, 0.4) is 0 Å². The third kappa shape index (κ3) is 3.68. The molecule has 2 rings (SSSR count). The zero-order valence-corrected chi connectivity index (χ0v) is 13.5. The number of esters is 1. The van der Waals surface area contributed by atoms with E-state index in [4.69, 9.17) is 0 Å². The lowest BCUT2D eigenvalue weighted by Gasteiger charge is -2.06. The van der Waals surface area contributed by atoms with Gasteiger partial charge in [0.25, 0.3) is 0 Å². The molecule has 5 nitrogen and oxygen atoms in total. The van der Waals surface area contributed by atoms with Crippen molar-refractivity contribution in [2.75, 3.05) is 7.11 Å². The summed E-state index contributed by atoms with van der Waals surface area (Å²) in [6.07, 6.45) is 1.30. The lowest BCUT2D eigenvalue weighted by Crippen LogP contribution is -2.08. The first-order chi connectivity index (χ1) is 9.94. The Morgan fingerprint density at radius 3 is 2.52 bits per heavy atom. The Bertz CT molecular complexity index is 757. The van der Waals surface area contributed by atoms with Crippen LogP contribution in [0.15, 0.2) is 52.0 Å². The van der Waals surface area contributed by atoms with Gasteiger partial charge < -0.3 is 4.74 Å². The number of rotatable bonds is 4. The Balaban J connectivity index is 2.25. The van der Waals surface area contributed by atoms with Crippen molar-refractivity contribution in [1.82, 2.24) is 4.98 Å². The molecule has 1 aromatic carbocycles. The molecule has 0 saturated heterocycles. The lowest BCUT2D eigenvalue weighted by atomic mass is 10.2. The van der Waals surface area contributed by atoms with Crippen LogP contribution in [0, 0.1) is 0 Å². The molecule has 7 heteroatoms. The number of hydrogen-bond acceptors (Lipinski definition) is 5. The summed E-state index contributed by atoms with van der Waals surface area (Å²) in [6, 6.07) is 9.59. The Labute approximate surface area is 131 Å². The number of sulfone groups is 1. The molecule has 0 atom stereocenters. The maximum absolute atomic E-state index is 12.3. The van der Waals surface area contributed by atoms with Crippen LogP contribution in [0.4, 0.5) is 0 Å². The van der Waals surface area contributed by atoms with E-state index in [2.05, 4.69) is 25.7 Å². The molecule has 21 heavy (non-hydrogen) atoms. The smallest absolute Gasteiger partial charge is 0.339 e. The normalized spacial score (nSPS) is 11.1. The van der Waals surface area contributed by atoms with E-state index < -0.39 is 15.8 Å². The second-order valence-electron chi connectivity index (χ2n) is 4.22. The number of nitrogens with zero attached hydrogens (tertiary/aromatic N) is 1. The van der Waals surface area contributed by atoms with Gasteiger partial charge in [0.05, 0.1) is 29.0 Å². The molecule has 0 unspecified atom stereocenters. The van der Waals surface area contributed by atoms with Crippen molar-refractivity contribution in [1.29, 1.82) is 0 Å². The van der Waals surface area contributed by atoms with Gasteiger partial charge in [-0.3, -0.25) is 4.98 Å². The summed E-state index contributed by atoms with van der Waals surface area (Å²) in [6.45, 7) is 0. The van der Waals surface area contributed by atoms with Gasteiger partial charge in [-0.25, -0.2) is 13.2 Å². The second-order valence-corrected chi connectivity index (χ2v) is 7.03. The Kier molecular flexibility index (Phi) is 4.74. The molecule has 1 heterocycles. The van der Waals surface area contributed by atoms with Crippen molar-refractivity contribution in [2.45, 2.75) is 10.6 Å². The van der Waals surface area contributed by atoms with Gasteiger partial charge in [-0.15, -0.1) is 0 Å². The largest absolute Gasteiger partial charge is 0.465 e. The number of halogens is 1. The number of carbonyl (C=O) groups excluding carboxylic acids is 1. The molecule has 0 saturated carbocycles. The number of benzene rings is 1. The Morgan fingerprint density at radius 1 is 1.24 bits per heavy atom. The van der Waals surface area contributed by atoms with Crippen molar-refractivity contribution < 1.29 is 17.9 Å². The maximum Gasteiger partial charge on any atom is 0.339 e. The highest BCUT2D eigenvalue weighted by molar-refractivity contribution is 9.10. The SMILES string of the molecule is COC(=O)c1ccc(CS(=O)(=O)c2ccccc2Br)nc1. The number of carbonyl (C=O) groups is 1. The number of pyridine rings is 1. The lowest BCUT2D eigenvalue weighted by molar-refractivity contribution is 0.0600. The van der Waals surface area contributed by atoms with E-state index in [1.165, 1.54) is 31.5 Å². The average molecular weight is 370 g/mol. The molecular formula is C14H12BrNO4S. The van der Waals surface area contributed by atoms with Crippen LogP contribution in [0.5, 0.6) is 0 Å². The van der Waals surface area contributed by atoms with Crippen LogP contribution < -0.4 is 0 Å². The molecule has 0 N–H and O–H groups in total. The van der Waals surface area contributed by atoms with Crippen LogP contribution in [-0.2, 0) is 20.3 Å². The summed E-state index contributed by atoms with van der Waals surface area (Å²) in [7, 11) is -2.24. The maximum atomic E-state index is 12.3. The van der Waals surface area contributed by atoms with E-state index in [0.717, 1.165) is 0 Å². The van der Waals surface area contributed by atoms with Gasteiger partial charge >= 0.3 is 5.97 Å². The van der Waals surface area contributed by atoms with Crippen LogP contribution in [0.25, 0.3) is 0 Å². The minimum absolute atomic E-state index is 0.212. The molecular weight excluding hydrogens is 358 g/mol. The van der Waals surface area contributed by atoms with E-state index in [0.29, 0.717) is 10.2 Å². The molecule has 0 spiro atoms. The number of hydrogen-bond donors (Lipinski definition) is 0. The molecule has 0 fully saturated rings. The molecule has 0 bridgehead atoms.